The lowest BCUT2D eigenvalue weighted by molar-refractivity contribution is -0.147. The van der Waals surface area contributed by atoms with E-state index in [2.05, 4.69) is 10.6 Å². The first kappa shape index (κ1) is 15.4. The maximum absolute atomic E-state index is 12.1. The Labute approximate surface area is 125 Å². The molecule has 21 heavy (non-hydrogen) atoms. The van der Waals surface area contributed by atoms with Crippen LogP contribution in [0.1, 0.15) is 32.8 Å². The monoisotopic (exact) mass is 290 g/mol. The first-order chi connectivity index (χ1) is 9.91. The molecular weight excluding hydrogens is 268 g/mol. The van der Waals surface area contributed by atoms with Crippen LogP contribution in [0.5, 0.6) is 0 Å². The van der Waals surface area contributed by atoms with E-state index >= 15 is 0 Å². The van der Waals surface area contributed by atoms with Gasteiger partial charge in [-0.25, -0.2) is 9.59 Å². The molecule has 0 aromatic heterocycles. The van der Waals surface area contributed by atoms with Crippen LogP contribution in [0.2, 0.25) is 0 Å². The summed E-state index contributed by atoms with van der Waals surface area (Å²) in [6, 6.07) is 9.27. The second-order valence-electron chi connectivity index (χ2n) is 5.98. The van der Waals surface area contributed by atoms with Crippen LogP contribution in [-0.2, 0) is 16.1 Å². The van der Waals surface area contributed by atoms with E-state index in [1.807, 2.05) is 44.2 Å². The summed E-state index contributed by atoms with van der Waals surface area (Å²) in [5.74, 6) is -0.357. The minimum atomic E-state index is -0.899. The molecule has 1 unspecified atom stereocenters. The zero-order valence-corrected chi connectivity index (χ0v) is 12.7. The van der Waals surface area contributed by atoms with Crippen LogP contribution < -0.4 is 10.6 Å². The van der Waals surface area contributed by atoms with Gasteiger partial charge in [-0.2, -0.15) is 0 Å². The maximum Gasteiger partial charge on any atom is 0.332 e. The van der Waals surface area contributed by atoms with E-state index < -0.39 is 5.54 Å². The van der Waals surface area contributed by atoms with Crippen LogP contribution in [0.4, 0.5) is 4.79 Å². The minimum Gasteiger partial charge on any atom is -0.464 e. The van der Waals surface area contributed by atoms with Crippen LogP contribution in [0.15, 0.2) is 30.3 Å². The number of urea groups is 1. The molecule has 0 bridgehead atoms. The van der Waals surface area contributed by atoms with Crippen molar-refractivity contribution in [3.8, 4) is 0 Å². The largest absolute Gasteiger partial charge is 0.464 e. The van der Waals surface area contributed by atoms with Gasteiger partial charge >= 0.3 is 12.0 Å². The Morgan fingerprint density at radius 1 is 1.24 bits per heavy atom. The number of carbonyl (C=O) groups is 2. The van der Waals surface area contributed by atoms with Crippen LogP contribution >= 0.6 is 0 Å². The fourth-order valence-electron chi connectivity index (χ4n) is 2.50. The minimum absolute atomic E-state index is 0.274. The molecule has 0 radical (unpaired) electrons. The predicted molar refractivity (Wildman–Crippen MR) is 79.6 cm³/mol. The number of nitrogens with one attached hydrogen (secondary N) is 2. The average molecular weight is 290 g/mol. The number of carbonyl (C=O) groups excluding carboxylic acids is 2. The van der Waals surface area contributed by atoms with Crippen molar-refractivity contribution in [2.75, 3.05) is 6.61 Å². The molecule has 0 aliphatic heterocycles. The molecule has 1 saturated carbocycles. The average Bonchev–Trinajstić information content (AvgIpc) is 3.00. The number of esters is 1. The third kappa shape index (κ3) is 3.17. The number of hydrogen-bond acceptors (Lipinski definition) is 3. The van der Waals surface area contributed by atoms with Crippen molar-refractivity contribution >= 4 is 12.0 Å². The van der Waals surface area contributed by atoms with Crippen molar-refractivity contribution in [1.82, 2.24) is 10.6 Å². The van der Waals surface area contributed by atoms with Gasteiger partial charge in [0.15, 0.2) is 0 Å². The Morgan fingerprint density at radius 2 is 1.86 bits per heavy atom. The smallest absolute Gasteiger partial charge is 0.332 e. The summed E-state index contributed by atoms with van der Waals surface area (Å²) in [5.41, 5.74) is -0.166. The Morgan fingerprint density at radius 3 is 2.38 bits per heavy atom. The van der Waals surface area contributed by atoms with E-state index in [9.17, 15) is 9.59 Å². The third-order valence-corrected chi connectivity index (χ3v) is 3.98. The first-order valence-electron chi connectivity index (χ1n) is 7.18. The van der Waals surface area contributed by atoms with Crippen molar-refractivity contribution < 1.29 is 14.3 Å². The molecule has 1 aromatic carbocycles. The molecule has 1 aliphatic rings. The van der Waals surface area contributed by atoms with Crippen molar-refractivity contribution in [1.29, 1.82) is 0 Å². The number of ether oxygens (including phenoxy) is 1. The van der Waals surface area contributed by atoms with E-state index in [1.54, 1.807) is 6.92 Å². The molecular formula is C16H22N2O3. The Kier molecular flexibility index (Phi) is 4.21. The predicted octanol–water partition coefficient (Wildman–Crippen LogP) is 2.22. The molecule has 5 heteroatoms. The summed E-state index contributed by atoms with van der Waals surface area (Å²) in [4.78, 5) is 24.1. The van der Waals surface area contributed by atoms with Crippen molar-refractivity contribution in [3.05, 3.63) is 35.9 Å². The van der Waals surface area contributed by atoms with Gasteiger partial charge in [-0.05, 0) is 18.9 Å². The molecule has 0 saturated heterocycles. The van der Waals surface area contributed by atoms with Gasteiger partial charge in [0.05, 0.1) is 6.61 Å². The van der Waals surface area contributed by atoms with Gasteiger partial charge in [-0.1, -0.05) is 44.2 Å². The molecule has 2 rings (SSSR count). The number of rotatable bonds is 5. The second kappa shape index (κ2) is 5.76. The molecule has 114 valence electrons. The number of amides is 2. The summed E-state index contributed by atoms with van der Waals surface area (Å²) >= 11 is 0. The van der Waals surface area contributed by atoms with Crippen LogP contribution in [-0.4, -0.2) is 24.1 Å². The van der Waals surface area contributed by atoms with Crippen molar-refractivity contribution in [2.24, 2.45) is 5.41 Å². The van der Waals surface area contributed by atoms with E-state index in [4.69, 9.17) is 4.74 Å². The molecule has 2 N–H and O–H groups in total. The molecule has 1 fully saturated rings. The lowest BCUT2D eigenvalue weighted by Gasteiger charge is -2.20. The fourth-order valence-corrected chi connectivity index (χ4v) is 2.50. The van der Waals surface area contributed by atoms with Gasteiger partial charge in [0.2, 0.25) is 0 Å². The lowest BCUT2D eigenvalue weighted by Crippen LogP contribution is -2.51. The van der Waals surface area contributed by atoms with Crippen molar-refractivity contribution in [2.45, 2.75) is 39.3 Å². The van der Waals surface area contributed by atoms with Crippen LogP contribution in [0.3, 0.4) is 0 Å². The van der Waals surface area contributed by atoms with E-state index in [-0.39, 0.29) is 17.4 Å². The van der Waals surface area contributed by atoms with Gasteiger partial charge in [0.25, 0.3) is 0 Å². The Hall–Kier alpha value is -2.04. The number of benzene rings is 1. The van der Waals surface area contributed by atoms with E-state index in [0.29, 0.717) is 19.6 Å². The van der Waals surface area contributed by atoms with Crippen molar-refractivity contribution in [3.63, 3.8) is 0 Å². The summed E-state index contributed by atoms with van der Waals surface area (Å²) < 4.78 is 5.09. The normalized spacial score (nSPS) is 22.2. The summed E-state index contributed by atoms with van der Waals surface area (Å²) in [6.45, 7) is 6.38. The summed E-state index contributed by atoms with van der Waals surface area (Å²) in [7, 11) is 0. The van der Waals surface area contributed by atoms with Crippen LogP contribution in [0, 0.1) is 5.41 Å². The zero-order valence-electron chi connectivity index (χ0n) is 12.7. The van der Waals surface area contributed by atoms with Gasteiger partial charge in [-0.3, -0.25) is 0 Å². The van der Waals surface area contributed by atoms with Gasteiger partial charge in [-0.15, -0.1) is 0 Å². The van der Waals surface area contributed by atoms with Gasteiger partial charge in [0, 0.05) is 12.0 Å². The molecule has 2 amide bonds. The molecule has 1 aromatic rings. The van der Waals surface area contributed by atoms with E-state index in [1.165, 1.54) is 0 Å². The highest BCUT2D eigenvalue weighted by Gasteiger charge is 2.68. The van der Waals surface area contributed by atoms with Crippen LogP contribution in [0.25, 0.3) is 0 Å². The SMILES string of the molecule is CCOC(=O)C1(NC(=O)NCc2ccccc2)CC1(C)C. The lowest BCUT2D eigenvalue weighted by atomic mass is 10.1. The zero-order chi connectivity index (χ0) is 15.5. The standard InChI is InChI=1S/C16H22N2O3/c1-4-21-13(19)16(11-15(16,2)3)18-14(20)17-10-12-8-6-5-7-9-12/h5-9H,4,10-11H2,1-3H3,(H2,17,18,20). The third-order valence-electron chi connectivity index (χ3n) is 3.98. The number of hydrogen-bond donors (Lipinski definition) is 2. The molecule has 0 heterocycles. The molecule has 0 spiro atoms. The molecule has 1 aliphatic carbocycles. The first-order valence-corrected chi connectivity index (χ1v) is 7.18. The molecule has 5 nitrogen and oxygen atoms in total. The Bertz CT molecular complexity index is 528. The molecule has 1 atom stereocenters. The summed E-state index contributed by atoms with van der Waals surface area (Å²) in [5, 5.41) is 5.56. The maximum atomic E-state index is 12.1. The highest BCUT2D eigenvalue weighted by atomic mass is 16.5. The Balaban J connectivity index is 1.93. The quantitative estimate of drug-likeness (QED) is 0.817. The van der Waals surface area contributed by atoms with E-state index in [0.717, 1.165) is 5.56 Å². The fraction of sp³-hybridized carbons (Fsp3) is 0.500. The highest BCUT2D eigenvalue weighted by molar-refractivity contribution is 5.91. The second-order valence-corrected chi connectivity index (χ2v) is 5.98. The summed E-state index contributed by atoms with van der Waals surface area (Å²) in [6.07, 6.45) is 0.595. The van der Waals surface area contributed by atoms with Gasteiger partial charge < -0.3 is 15.4 Å². The highest BCUT2D eigenvalue weighted by Crippen LogP contribution is 2.56. The van der Waals surface area contributed by atoms with Gasteiger partial charge in [0.1, 0.15) is 5.54 Å². The topological polar surface area (TPSA) is 67.4 Å².